The number of esters is 1. The molecule has 158 valence electrons. The van der Waals surface area contributed by atoms with Crippen molar-refractivity contribution < 1.29 is 14.1 Å². The van der Waals surface area contributed by atoms with E-state index >= 15 is 0 Å². The molecular formula is C25H42NO2+. The van der Waals surface area contributed by atoms with Crippen LogP contribution in [0, 0.1) is 0 Å². The average Bonchev–Trinajstić information content (AvgIpc) is 2.72. The van der Waals surface area contributed by atoms with Crippen molar-refractivity contribution in [2.45, 2.75) is 103 Å². The summed E-state index contributed by atoms with van der Waals surface area (Å²) in [6.07, 6.45) is 22.6. The third-order valence-electron chi connectivity index (χ3n) is 5.23. The van der Waals surface area contributed by atoms with Gasteiger partial charge in [0.1, 0.15) is 13.2 Å². The van der Waals surface area contributed by atoms with Gasteiger partial charge in [0.15, 0.2) is 6.20 Å². The van der Waals surface area contributed by atoms with Gasteiger partial charge in [-0.3, -0.25) is 0 Å². The minimum absolute atomic E-state index is 0.257. The summed E-state index contributed by atoms with van der Waals surface area (Å²) < 4.78 is 7.17. The molecule has 1 rings (SSSR count). The zero-order chi connectivity index (χ0) is 20.3. The molecule has 0 spiro atoms. The fourth-order valence-electron chi connectivity index (χ4n) is 3.54. The molecule has 0 aliphatic heterocycles. The minimum Gasteiger partial charge on any atom is -0.454 e. The summed E-state index contributed by atoms with van der Waals surface area (Å²) in [5.74, 6) is -0.272. The quantitative estimate of drug-likeness (QED) is 0.120. The Kier molecular flexibility index (Phi) is 15.2. The molecule has 28 heavy (non-hydrogen) atoms. The highest BCUT2D eigenvalue weighted by molar-refractivity contribution is 5.85. The van der Waals surface area contributed by atoms with Crippen LogP contribution in [0.15, 0.2) is 37.1 Å². The molecule has 0 amide bonds. The first-order valence-corrected chi connectivity index (χ1v) is 11.6. The van der Waals surface area contributed by atoms with E-state index in [2.05, 4.69) is 13.5 Å². The minimum atomic E-state index is -0.272. The molecule has 0 atom stereocenters. The van der Waals surface area contributed by atoms with Crippen LogP contribution in [-0.2, 0) is 11.3 Å². The smallest absolute Gasteiger partial charge is 0.403 e. The molecular weight excluding hydrogens is 346 g/mol. The molecule has 1 aromatic heterocycles. The van der Waals surface area contributed by atoms with Crippen LogP contribution in [0.3, 0.4) is 0 Å². The van der Waals surface area contributed by atoms with Gasteiger partial charge < -0.3 is 4.74 Å². The molecule has 0 unspecified atom stereocenters. The molecule has 0 saturated heterocycles. The van der Waals surface area contributed by atoms with Crippen molar-refractivity contribution in [2.75, 3.05) is 6.61 Å². The Bertz CT molecular complexity index is 527. The number of hydrogen-bond acceptors (Lipinski definition) is 2. The topological polar surface area (TPSA) is 30.2 Å². The van der Waals surface area contributed by atoms with Crippen LogP contribution in [0.1, 0.15) is 107 Å². The molecule has 0 aliphatic rings. The van der Waals surface area contributed by atoms with Crippen LogP contribution in [0.25, 0.3) is 0 Å². The van der Waals surface area contributed by atoms with Crippen LogP contribution >= 0.6 is 0 Å². The Labute approximate surface area is 173 Å². The van der Waals surface area contributed by atoms with Crippen molar-refractivity contribution in [3.8, 4) is 0 Å². The Balaban J connectivity index is 2.02. The number of aryl methyl sites for hydroxylation is 1. The molecule has 0 bridgehead atoms. The second-order valence-corrected chi connectivity index (χ2v) is 7.76. The Morgan fingerprint density at radius 1 is 0.893 bits per heavy atom. The number of carbonyl (C=O) groups is 1. The van der Waals surface area contributed by atoms with Gasteiger partial charge in [0.25, 0.3) is 5.69 Å². The van der Waals surface area contributed by atoms with Crippen molar-refractivity contribution in [3.05, 3.63) is 42.7 Å². The van der Waals surface area contributed by atoms with E-state index in [0.29, 0.717) is 5.69 Å². The fraction of sp³-hybridized carbons (Fsp3) is 0.680. The molecule has 0 saturated carbocycles. The zero-order valence-electron chi connectivity index (χ0n) is 18.2. The molecule has 0 aliphatic carbocycles. The van der Waals surface area contributed by atoms with Gasteiger partial charge in [0.05, 0.1) is 0 Å². The lowest BCUT2D eigenvalue weighted by molar-refractivity contribution is -0.699. The molecule has 0 fully saturated rings. The van der Waals surface area contributed by atoms with Crippen LogP contribution in [-0.4, -0.2) is 12.6 Å². The third kappa shape index (κ3) is 11.9. The normalized spacial score (nSPS) is 10.8. The van der Waals surface area contributed by atoms with E-state index in [1.807, 2.05) is 29.0 Å². The lowest BCUT2D eigenvalue weighted by Crippen LogP contribution is -2.40. The predicted octanol–water partition coefficient (Wildman–Crippen LogP) is 6.80. The molecule has 1 heterocycles. The second kappa shape index (κ2) is 17.5. The maximum absolute atomic E-state index is 12.1. The van der Waals surface area contributed by atoms with Gasteiger partial charge in [0, 0.05) is 18.6 Å². The van der Waals surface area contributed by atoms with Gasteiger partial charge in [-0.05, 0) is 12.5 Å². The summed E-state index contributed by atoms with van der Waals surface area (Å²) in [5, 5.41) is 0. The zero-order valence-corrected chi connectivity index (χ0v) is 18.2. The number of ether oxygens (including phenoxy) is 1. The monoisotopic (exact) mass is 388 g/mol. The van der Waals surface area contributed by atoms with E-state index in [1.165, 1.54) is 83.5 Å². The number of aromatic nitrogens is 1. The summed E-state index contributed by atoms with van der Waals surface area (Å²) >= 11 is 0. The predicted molar refractivity (Wildman–Crippen MR) is 117 cm³/mol. The van der Waals surface area contributed by atoms with Gasteiger partial charge >= 0.3 is 5.97 Å². The second-order valence-electron chi connectivity index (χ2n) is 7.76. The lowest BCUT2D eigenvalue weighted by atomic mass is 10.0. The highest BCUT2D eigenvalue weighted by Gasteiger charge is 2.19. The number of pyridine rings is 1. The van der Waals surface area contributed by atoms with Crippen LogP contribution < -0.4 is 4.57 Å². The van der Waals surface area contributed by atoms with Crippen LogP contribution in [0.5, 0.6) is 0 Å². The molecule has 3 nitrogen and oxygen atoms in total. The van der Waals surface area contributed by atoms with Gasteiger partial charge in [0.2, 0.25) is 0 Å². The summed E-state index contributed by atoms with van der Waals surface area (Å²) in [6, 6.07) is 5.68. The van der Waals surface area contributed by atoms with E-state index in [9.17, 15) is 4.79 Å². The maximum Gasteiger partial charge on any atom is 0.403 e. The van der Waals surface area contributed by atoms with E-state index in [0.717, 1.165) is 13.0 Å². The lowest BCUT2D eigenvalue weighted by Gasteiger charge is -2.04. The largest absolute Gasteiger partial charge is 0.454 e. The first-order valence-electron chi connectivity index (χ1n) is 11.6. The van der Waals surface area contributed by atoms with Gasteiger partial charge in [-0.2, -0.15) is 4.57 Å². The van der Waals surface area contributed by atoms with Crippen molar-refractivity contribution in [2.24, 2.45) is 0 Å². The number of nitrogens with zero attached hydrogens (tertiary/aromatic N) is 1. The SMILES string of the molecule is C=CCOC(=O)c1cccc[n+]1CCCCCCCCCCCCCCCC. The van der Waals surface area contributed by atoms with E-state index in [4.69, 9.17) is 4.74 Å². The Hall–Kier alpha value is -1.64. The standard InChI is InChI=1S/C25H42NO2/c1-3-5-6-7-8-9-10-11-12-13-14-15-16-18-21-26-22-19-17-20-24(26)25(27)28-23-4-2/h4,17,19-20,22H,2-3,5-16,18,21,23H2,1H3/q+1. The molecule has 3 heteroatoms. The van der Waals surface area contributed by atoms with Crippen molar-refractivity contribution in [1.82, 2.24) is 0 Å². The van der Waals surface area contributed by atoms with Crippen molar-refractivity contribution >= 4 is 5.97 Å². The highest BCUT2D eigenvalue weighted by atomic mass is 16.5. The first kappa shape index (κ1) is 24.4. The van der Waals surface area contributed by atoms with E-state index in [-0.39, 0.29) is 12.6 Å². The Morgan fingerprint density at radius 2 is 1.43 bits per heavy atom. The summed E-state index contributed by atoms with van der Waals surface area (Å²) in [6.45, 7) is 6.99. The number of hydrogen-bond donors (Lipinski definition) is 0. The number of rotatable bonds is 18. The molecule has 1 aromatic rings. The average molecular weight is 389 g/mol. The summed E-state index contributed by atoms with van der Waals surface area (Å²) in [5.41, 5.74) is 0.624. The third-order valence-corrected chi connectivity index (χ3v) is 5.23. The highest BCUT2D eigenvalue weighted by Crippen LogP contribution is 2.13. The summed E-state index contributed by atoms with van der Waals surface area (Å²) in [4.78, 5) is 12.1. The van der Waals surface area contributed by atoms with Crippen molar-refractivity contribution in [1.29, 1.82) is 0 Å². The number of carbonyl (C=O) groups excluding carboxylic acids is 1. The van der Waals surface area contributed by atoms with Crippen LogP contribution in [0.4, 0.5) is 0 Å². The van der Waals surface area contributed by atoms with E-state index in [1.54, 1.807) is 6.08 Å². The molecule has 0 aromatic carbocycles. The molecule has 0 radical (unpaired) electrons. The van der Waals surface area contributed by atoms with Gasteiger partial charge in [-0.25, -0.2) is 4.79 Å². The van der Waals surface area contributed by atoms with E-state index < -0.39 is 0 Å². The molecule has 0 N–H and O–H groups in total. The van der Waals surface area contributed by atoms with Gasteiger partial charge in [-0.1, -0.05) is 96.6 Å². The summed E-state index contributed by atoms with van der Waals surface area (Å²) in [7, 11) is 0. The first-order chi connectivity index (χ1) is 13.8. The van der Waals surface area contributed by atoms with Crippen LogP contribution in [0.2, 0.25) is 0 Å². The maximum atomic E-state index is 12.1. The fourth-order valence-corrected chi connectivity index (χ4v) is 3.54. The Morgan fingerprint density at radius 3 is 1.96 bits per heavy atom. The van der Waals surface area contributed by atoms with Crippen molar-refractivity contribution in [3.63, 3.8) is 0 Å². The van der Waals surface area contributed by atoms with Gasteiger partial charge in [-0.15, -0.1) is 0 Å². The number of unbranched alkanes of at least 4 members (excludes halogenated alkanes) is 13.